The Balaban J connectivity index is 1.85. The second-order valence-electron chi connectivity index (χ2n) is 9.57. The summed E-state index contributed by atoms with van der Waals surface area (Å²) in [5, 5.41) is 0. The minimum atomic E-state index is 0.153. The van der Waals surface area contributed by atoms with Crippen molar-refractivity contribution in [1.82, 2.24) is 9.46 Å². The van der Waals surface area contributed by atoms with Gasteiger partial charge in [-0.25, -0.2) is 4.98 Å². The molecule has 3 aromatic rings. The lowest BCUT2D eigenvalue weighted by molar-refractivity contribution is 0.660. The van der Waals surface area contributed by atoms with E-state index in [2.05, 4.69) is 86.5 Å². The predicted molar refractivity (Wildman–Crippen MR) is 128 cm³/mol. The van der Waals surface area contributed by atoms with Gasteiger partial charge in [-0.2, -0.15) is 0 Å². The monoisotopic (exact) mass is 397 g/mol. The topological polar surface area (TPSA) is 21.1 Å². The first-order chi connectivity index (χ1) is 14.5. The number of benzene rings is 2. The normalized spacial score (nSPS) is 15.4. The lowest BCUT2D eigenvalue weighted by Gasteiger charge is -2.38. The van der Waals surface area contributed by atoms with Crippen LogP contribution in [0.1, 0.15) is 74.9 Å². The number of aryl methyl sites for hydroxylation is 1. The van der Waals surface area contributed by atoms with E-state index in [0.29, 0.717) is 11.8 Å². The van der Waals surface area contributed by atoms with Crippen LogP contribution in [0.2, 0.25) is 0 Å². The van der Waals surface area contributed by atoms with E-state index in [1.165, 1.54) is 52.1 Å². The van der Waals surface area contributed by atoms with E-state index in [4.69, 9.17) is 4.98 Å². The van der Waals surface area contributed by atoms with Gasteiger partial charge in [0.1, 0.15) is 5.82 Å². The zero-order chi connectivity index (χ0) is 21.0. The molecule has 0 amide bonds. The average molecular weight is 397 g/mol. The van der Waals surface area contributed by atoms with Gasteiger partial charge in [0.2, 0.25) is 0 Å². The van der Waals surface area contributed by atoms with E-state index in [1.807, 2.05) is 0 Å². The second kappa shape index (κ2) is 7.33. The van der Waals surface area contributed by atoms with Crippen molar-refractivity contribution in [2.45, 2.75) is 65.2 Å². The molecule has 0 saturated heterocycles. The first-order valence-electron chi connectivity index (χ1n) is 11.5. The molecule has 0 fully saturated rings. The molecule has 0 unspecified atom stereocenters. The first-order valence-corrected chi connectivity index (χ1v) is 11.5. The molecule has 1 aliphatic carbocycles. The summed E-state index contributed by atoms with van der Waals surface area (Å²) in [5.41, 5.74) is 9.72. The number of fused-ring (bicyclic) bond motifs is 5. The molecule has 0 atom stereocenters. The molecule has 4 heteroatoms. The van der Waals surface area contributed by atoms with E-state index < -0.39 is 0 Å². The van der Waals surface area contributed by atoms with Crippen LogP contribution in [0.3, 0.4) is 0 Å². The largest absolute Gasteiger partial charge is 0.417 e. The molecule has 2 heterocycles. The van der Waals surface area contributed by atoms with Gasteiger partial charge < -0.3 is 9.29 Å². The first kappa shape index (κ1) is 19.5. The van der Waals surface area contributed by atoms with Crippen molar-refractivity contribution in [3.8, 4) is 11.4 Å². The average Bonchev–Trinajstić information content (AvgIpc) is 3.13. The maximum Gasteiger partial charge on any atom is 0.417 e. The lowest BCUT2D eigenvalue weighted by Crippen LogP contribution is -2.57. The molecular weight excluding hydrogens is 365 g/mol. The standard InChI is InChI=1S/C26H32BN3/c1-17(2)19-12-10-13-20(18(3)4)25(19)27-29(5)23-15-8-6-11-21(23)26-28-22-14-7-9-16-24(22)30(26)27/h6,8,10-13,15,17-18H,7,9,14,16H2,1-5H3. The van der Waals surface area contributed by atoms with Crippen LogP contribution in [0.15, 0.2) is 42.5 Å². The molecule has 3 nitrogen and oxygen atoms in total. The maximum atomic E-state index is 5.23. The van der Waals surface area contributed by atoms with Crippen molar-refractivity contribution in [2.75, 3.05) is 11.9 Å². The zero-order valence-electron chi connectivity index (χ0n) is 18.9. The Labute approximate surface area is 181 Å². The smallest absolute Gasteiger partial charge is 0.394 e. The number of anilines is 1. The van der Waals surface area contributed by atoms with E-state index in [0.717, 1.165) is 18.7 Å². The minimum absolute atomic E-state index is 0.153. The minimum Gasteiger partial charge on any atom is -0.394 e. The van der Waals surface area contributed by atoms with Crippen LogP contribution in [-0.4, -0.2) is 23.5 Å². The molecule has 154 valence electrons. The van der Waals surface area contributed by atoms with Crippen LogP contribution in [0, 0.1) is 0 Å². The van der Waals surface area contributed by atoms with Crippen LogP contribution >= 0.6 is 0 Å². The van der Waals surface area contributed by atoms with E-state index >= 15 is 0 Å². The second-order valence-corrected chi connectivity index (χ2v) is 9.57. The van der Waals surface area contributed by atoms with Crippen LogP contribution in [0.5, 0.6) is 0 Å². The van der Waals surface area contributed by atoms with Gasteiger partial charge in [-0.05, 0) is 73.3 Å². The molecule has 0 spiro atoms. The Bertz CT molecular complexity index is 1070. The molecule has 0 bridgehead atoms. The molecule has 0 N–H and O–H groups in total. The Morgan fingerprint density at radius 1 is 0.867 bits per heavy atom. The third-order valence-corrected chi connectivity index (χ3v) is 6.98. The number of nitrogens with zero attached hydrogens (tertiary/aromatic N) is 3. The number of rotatable bonds is 3. The molecule has 0 saturated carbocycles. The van der Waals surface area contributed by atoms with Gasteiger partial charge >= 0.3 is 6.98 Å². The van der Waals surface area contributed by atoms with E-state index in [9.17, 15) is 0 Å². The highest BCUT2D eigenvalue weighted by atomic mass is 15.2. The van der Waals surface area contributed by atoms with Gasteiger partial charge in [0, 0.05) is 16.9 Å². The SMILES string of the molecule is CC(C)c1cccc(C(C)C)c1B1N(C)c2ccccc2-c2nc3c(n21)CCCC3. The van der Waals surface area contributed by atoms with Gasteiger partial charge in [-0.15, -0.1) is 0 Å². The van der Waals surface area contributed by atoms with Crippen molar-refractivity contribution < 1.29 is 0 Å². The number of para-hydroxylation sites is 1. The maximum absolute atomic E-state index is 5.23. The summed E-state index contributed by atoms with van der Waals surface area (Å²) in [6, 6.07) is 15.7. The summed E-state index contributed by atoms with van der Waals surface area (Å²) >= 11 is 0. The summed E-state index contributed by atoms with van der Waals surface area (Å²) in [4.78, 5) is 7.72. The fourth-order valence-corrected chi connectivity index (χ4v) is 5.52. The lowest BCUT2D eigenvalue weighted by atomic mass is 9.58. The van der Waals surface area contributed by atoms with Crippen molar-refractivity contribution in [3.63, 3.8) is 0 Å². The van der Waals surface area contributed by atoms with Crippen LogP contribution in [0.4, 0.5) is 5.69 Å². The summed E-state index contributed by atoms with van der Waals surface area (Å²) < 4.78 is 2.59. The van der Waals surface area contributed by atoms with Crippen LogP contribution in [-0.2, 0) is 12.8 Å². The Morgan fingerprint density at radius 2 is 1.53 bits per heavy atom. The van der Waals surface area contributed by atoms with Gasteiger partial charge in [0.25, 0.3) is 0 Å². The summed E-state index contributed by atoms with van der Waals surface area (Å²) in [6.45, 7) is 9.45. The molecular formula is C26H32BN3. The molecule has 30 heavy (non-hydrogen) atoms. The summed E-state index contributed by atoms with van der Waals surface area (Å²) in [7, 11) is 2.27. The van der Waals surface area contributed by atoms with Gasteiger partial charge in [0.05, 0.1) is 5.69 Å². The van der Waals surface area contributed by atoms with Crippen molar-refractivity contribution >= 4 is 18.1 Å². The molecule has 2 aromatic carbocycles. The Kier molecular flexibility index (Phi) is 4.76. The highest BCUT2D eigenvalue weighted by molar-refractivity contribution is 6.77. The van der Waals surface area contributed by atoms with Gasteiger partial charge in [-0.3, -0.25) is 0 Å². The zero-order valence-corrected chi connectivity index (χ0v) is 18.9. The molecule has 5 rings (SSSR count). The van der Waals surface area contributed by atoms with Crippen LogP contribution < -0.4 is 10.3 Å². The number of hydrogen-bond donors (Lipinski definition) is 0. The Morgan fingerprint density at radius 3 is 2.23 bits per heavy atom. The number of imidazole rings is 1. The van der Waals surface area contributed by atoms with Crippen molar-refractivity contribution in [2.24, 2.45) is 0 Å². The third-order valence-electron chi connectivity index (χ3n) is 6.98. The summed E-state index contributed by atoms with van der Waals surface area (Å²) in [6.07, 6.45) is 4.76. The quantitative estimate of drug-likeness (QED) is 0.554. The van der Waals surface area contributed by atoms with Crippen molar-refractivity contribution in [1.29, 1.82) is 0 Å². The van der Waals surface area contributed by atoms with E-state index in [-0.39, 0.29) is 6.98 Å². The molecule has 1 aliphatic heterocycles. The number of aromatic nitrogens is 2. The Hall–Kier alpha value is -2.49. The summed E-state index contributed by atoms with van der Waals surface area (Å²) in [5.74, 6) is 2.12. The predicted octanol–water partition coefficient (Wildman–Crippen LogP) is 5.37. The third kappa shape index (κ3) is 2.84. The van der Waals surface area contributed by atoms with Gasteiger partial charge in [-0.1, -0.05) is 58.0 Å². The van der Waals surface area contributed by atoms with Crippen LogP contribution in [0.25, 0.3) is 11.4 Å². The molecule has 1 aromatic heterocycles. The van der Waals surface area contributed by atoms with Gasteiger partial charge in [0.15, 0.2) is 0 Å². The fraction of sp³-hybridized carbons (Fsp3) is 0.423. The fourth-order valence-electron chi connectivity index (χ4n) is 5.52. The molecule has 0 radical (unpaired) electrons. The van der Waals surface area contributed by atoms with Crippen molar-refractivity contribution in [3.05, 3.63) is 65.0 Å². The van der Waals surface area contributed by atoms with E-state index in [1.54, 1.807) is 0 Å². The highest BCUT2D eigenvalue weighted by Gasteiger charge is 2.41. The molecule has 2 aliphatic rings. The highest BCUT2D eigenvalue weighted by Crippen LogP contribution is 2.39. The number of hydrogen-bond acceptors (Lipinski definition) is 2.